The lowest BCUT2D eigenvalue weighted by Gasteiger charge is -2.13. The lowest BCUT2D eigenvalue weighted by Crippen LogP contribution is -2.21. The minimum absolute atomic E-state index is 0.402. The molecule has 2 heteroatoms. The van der Waals surface area contributed by atoms with Gasteiger partial charge in [-0.3, -0.25) is 0 Å². The van der Waals surface area contributed by atoms with E-state index in [0.717, 1.165) is 23.8 Å². The van der Waals surface area contributed by atoms with Crippen molar-refractivity contribution in [1.29, 1.82) is 0 Å². The van der Waals surface area contributed by atoms with Gasteiger partial charge in [0, 0.05) is 5.39 Å². The van der Waals surface area contributed by atoms with Crippen LogP contribution in [0.1, 0.15) is 63.3 Å². The highest BCUT2D eigenvalue weighted by Gasteiger charge is 2.33. The summed E-state index contributed by atoms with van der Waals surface area (Å²) >= 11 is 0. The molecule has 1 aromatic heterocycles. The SMILES string of the molecule is CCNC(c1cc2cc(C(C)CC)ccc2o1)C1CC1. The van der Waals surface area contributed by atoms with E-state index in [9.17, 15) is 0 Å². The Balaban J connectivity index is 1.93. The molecule has 1 fully saturated rings. The summed E-state index contributed by atoms with van der Waals surface area (Å²) in [6.45, 7) is 7.69. The van der Waals surface area contributed by atoms with Gasteiger partial charge in [0.05, 0.1) is 6.04 Å². The summed E-state index contributed by atoms with van der Waals surface area (Å²) in [5, 5.41) is 4.83. The molecule has 0 radical (unpaired) electrons. The Labute approximate surface area is 121 Å². The quantitative estimate of drug-likeness (QED) is 0.799. The highest BCUT2D eigenvalue weighted by atomic mass is 16.3. The van der Waals surface area contributed by atoms with Crippen molar-refractivity contribution in [3.63, 3.8) is 0 Å². The molecule has 2 aromatic rings. The van der Waals surface area contributed by atoms with Crippen molar-refractivity contribution in [3.8, 4) is 0 Å². The van der Waals surface area contributed by atoms with Crippen LogP contribution in [-0.2, 0) is 0 Å². The molecule has 20 heavy (non-hydrogen) atoms. The zero-order valence-corrected chi connectivity index (χ0v) is 12.8. The fourth-order valence-electron chi connectivity index (χ4n) is 2.93. The first-order valence-electron chi connectivity index (χ1n) is 7.99. The van der Waals surface area contributed by atoms with E-state index in [0.29, 0.717) is 12.0 Å². The number of hydrogen-bond acceptors (Lipinski definition) is 2. The molecular formula is C18H25NO. The van der Waals surface area contributed by atoms with Crippen molar-refractivity contribution >= 4 is 11.0 Å². The topological polar surface area (TPSA) is 25.2 Å². The van der Waals surface area contributed by atoms with Gasteiger partial charge in [-0.25, -0.2) is 0 Å². The summed E-state index contributed by atoms with van der Waals surface area (Å²) < 4.78 is 6.09. The second kappa shape index (κ2) is 5.61. The van der Waals surface area contributed by atoms with E-state index in [2.05, 4.69) is 50.4 Å². The summed E-state index contributed by atoms with van der Waals surface area (Å²) in [7, 11) is 0. The van der Waals surface area contributed by atoms with Crippen molar-refractivity contribution < 1.29 is 4.42 Å². The molecule has 0 aliphatic heterocycles. The fraction of sp³-hybridized carbons (Fsp3) is 0.556. The van der Waals surface area contributed by atoms with E-state index in [1.165, 1.54) is 30.2 Å². The van der Waals surface area contributed by atoms with Gasteiger partial charge in [0.15, 0.2) is 0 Å². The lowest BCUT2D eigenvalue weighted by atomic mass is 9.97. The summed E-state index contributed by atoms with van der Waals surface area (Å²) in [6.07, 6.45) is 3.83. The number of rotatable bonds is 6. The molecular weight excluding hydrogens is 246 g/mol. The Morgan fingerprint density at radius 3 is 2.70 bits per heavy atom. The number of fused-ring (bicyclic) bond motifs is 1. The summed E-state index contributed by atoms with van der Waals surface area (Å²) in [5.74, 6) is 2.50. The third-order valence-corrected chi connectivity index (χ3v) is 4.56. The zero-order chi connectivity index (χ0) is 14.1. The van der Waals surface area contributed by atoms with E-state index >= 15 is 0 Å². The Hall–Kier alpha value is -1.28. The molecule has 0 bridgehead atoms. The molecule has 108 valence electrons. The molecule has 1 aliphatic carbocycles. The number of furan rings is 1. The highest BCUT2D eigenvalue weighted by Crippen LogP contribution is 2.42. The van der Waals surface area contributed by atoms with E-state index < -0.39 is 0 Å². The Bertz CT molecular complexity index is 582. The number of hydrogen-bond donors (Lipinski definition) is 1. The predicted octanol–water partition coefficient (Wildman–Crippen LogP) is 5.01. The third-order valence-electron chi connectivity index (χ3n) is 4.56. The van der Waals surface area contributed by atoms with Crippen LogP contribution in [-0.4, -0.2) is 6.54 Å². The van der Waals surface area contributed by atoms with Crippen LogP contribution >= 0.6 is 0 Å². The zero-order valence-electron chi connectivity index (χ0n) is 12.8. The van der Waals surface area contributed by atoms with Gasteiger partial charge < -0.3 is 9.73 Å². The van der Waals surface area contributed by atoms with Crippen molar-refractivity contribution in [2.75, 3.05) is 6.54 Å². The summed E-state index contributed by atoms with van der Waals surface area (Å²) in [4.78, 5) is 0. The Morgan fingerprint density at radius 1 is 1.25 bits per heavy atom. The minimum Gasteiger partial charge on any atom is -0.459 e. The molecule has 1 aromatic carbocycles. The molecule has 3 rings (SSSR count). The van der Waals surface area contributed by atoms with Gasteiger partial charge in [0.2, 0.25) is 0 Å². The number of nitrogens with one attached hydrogen (secondary N) is 1. The van der Waals surface area contributed by atoms with Crippen molar-refractivity contribution in [2.45, 2.75) is 52.0 Å². The smallest absolute Gasteiger partial charge is 0.134 e. The van der Waals surface area contributed by atoms with E-state index in [1.807, 2.05) is 0 Å². The van der Waals surface area contributed by atoms with Gasteiger partial charge in [0.25, 0.3) is 0 Å². The Kier molecular flexibility index (Phi) is 3.84. The molecule has 1 saturated carbocycles. The van der Waals surface area contributed by atoms with Gasteiger partial charge in [-0.2, -0.15) is 0 Å². The van der Waals surface area contributed by atoms with Crippen molar-refractivity contribution in [3.05, 3.63) is 35.6 Å². The summed E-state index contributed by atoms with van der Waals surface area (Å²) in [5.41, 5.74) is 2.44. The largest absolute Gasteiger partial charge is 0.459 e. The molecule has 2 unspecified atom stereocenters. The van der Waals surface area contributed by atoms with Crippen LogP contribution in [0.4, 0.5) is 0 Å². The molecule has 2 nitrogen and oxygen atoms in total. The third kappa shape index (κ3) is 2.62. The van der Waals surface area contributed by atoms with Gasteiger partial charge >= 0.3 is 0 Å². The predicted molar refractivity (Wildman–Crippen MR) is 84.1 cm³/mol. The standard InChI is InChI=1S/C18H25NO/c1-4-12(3)14-8-9-16-15(10-14)11-17(20-16)18(19-5-2)13-6-7-13/h8-13,18-19H,4-7H2,1-3H3. The van der Waals surface area contributed by atoms with E-state index in [1.54, 1.807) is 0 Å². The van der Waals surface area contributed by atoms with E-state index in [-0.39, 0.29) is 0 Å². The van der Waals surface area contributed by atoms with Crippen LogP contribution in [0.5, 0.6) is 0 Å². The molecule has 0 spiro atoms. The molecule has 0 saturated heterocycles. The van der Waals surface area contributed by atoms with Gasteiger partial charge in [-0.15, -0.1) is 0 Å². The second-order valence-electron chi connectivity index (χ2n) is 6.13. The normalized spacial score (nSPS) is 18.4. The monoisotopic (exact) mass is 271 g/mol. The molecule has 2 atom stereocenters. The molecule has 1 N–H and O–H groups in total. The number of benzene rings is 1. The van der Waals surface area contributed by atoms with Crippen LogP contribution < -0.4 is 5.32 Å². The summed E-state index contributed by atoms with van der Waals surface area (Å²) in [6, 6.07) is 9.29. The van der Waals surface area contributed by atoms with Gasteiger partial charge in [0.1, 0.15) is 11.3 Å². The van der Waals surface area contributed by atoms with Gasteiger partial charge in [-0.1, -0.05) is 26.8 Å². The first kappa shape index (κ1) is 13.7. The van der Waals surface area contributed by atoms with Crippen LogP contribution in [0.3, 0.4) is 0 Å². The molecule has 0 amide bonds. The highest BCUT2D eigenvalue weighted by molar-refractivity contribution is 5.79. The molecule has 1 heterocycles. The maximum atomic E-state index is 6.09. The Morgan fingerprint density at radius 2 is 2.05 bits per heavy atom. The van der Waals surface area contributed by atoms with E-state index in [4.69, 9.17) is 4.42 Å². The van der Waals surface area contributed by atoms with Crippen molar-refractivity contribution in [1.82, 2.24) is 5.32 Å². The fourth-order valence-corrected chi connectivity index (χ4v) is 2.93. The van der Waals surface area contributed by atoms with Crippen LogP contribution in [0, 0.1) is 5.92 Å². The minimum atomic E-state index is 0.402. The maximum absolute atomic E-state index is 6.09. The van der Waals surface area contributed by atoms with Crippen LogP contribution in [0.15, 0.2) is 28.7 Å². The second-order valence-corrected chi connectivity index (χ2v) is 6.13. The van der Waals surface area contributed by atoms with Gasteiger partial charge in [-0.05, 0) is 61.4 Å². The average molecular weight is 271 g/mol. The van der Waals surface area contributed by atoms with Crippen LogP contribution in [0.25, 0.3) is 11.0 Å². The maximum Gasteiger partial charge on any atom is 0.134 e. The molecule has 1 aliphatic rings. The lowest BCUT2D eigenvalue weighted by molar-refractivity contribution is 0.403. The van der Waals surface area contributed by atoms with Crippen molar-refractivity contribution in [2.24, 2.45) is 5.92 Å². The first-order chi connectivity index (χ1) is 9.72. The average Bonchev–Trinajstić information content (AvgIpc) is 3.21. The van der Waals surface area contributed by atoms with Crippen LogP contribution in [0.2, 0.25) is 0 Å². The first-order valence-corrected chi connectivity index (χ1v) is 7.99.